The van der Waals surface area contributed by atoms with E-state index >= 15 is 0 Å². The first-order chi connectivity index (χ1) is 13.5. The summed E-state index contributed by atoms with van der Waals surface area (Å²) < 4.78 is 0. The fourth-order valence-electron chi connectivity index (χ4n) is 5.09. The number of aliphatic carboxylic acids is 1. The molecule has 1 aromatic carbocycles. The molecule has 2 aliphatic rings. The zero-order valence-electron chi connectivity index (χ0n) is 16.7. The normalized spacial score (nSPS) is 21.3. The van der Waals surface area contributed by atoms with Crippen LogP contribution in [0.2, 0.25) is 0 Å². The van der Waals surface area contributed by atoms with Crippen LogP contribution in [0.5, 0.6) is 0 Å². The molecule has 154 valence electrons. The summed E-state index contributed by atoms with van der Waals surface area (Å²) in [7, 11) is 0. The highest BCUT2D eigenvalue weighted by molar-refractivity contribution is 5.84. The van der Waals surface area contributed by atoms with Gasteiger partial charge in [-0.1, -0.05) is 56.0 Å². The molecule has 0 aromatic heterocycles. The molecule has 0 aliphatic heterocycles. The van der Waals surface area contributed by atoms with Gasteiger partial charge in [-0.25, -0.2) is 0 Å². The zero-order valence-corrected chi connectivity index (χ0v) is 16.7. The molecule has 2 saturated carbocycles. The van der Waals surface area contributed by atoms with Gasteiger partial charge in [-0.05, 0) is 50.5 Å². The lowest BCUT2D eigenvalue weighted by Crippen LogP contribution is -2.54. The predicted molar refractivity (Wildman–Crippen MR) is 108 cm³/mol. The Labute approximate surface area is 167 Å². The van der Waals surface area contributed by atoms with Crippen molar-refractivity contribution in [3.05, 3.63) is 35.9 Å². The summed E-state index contributed by atoms with van der Waals surface area (Å²) >= 11 is 0. The van der Waals surface area contributed by atoms with Gasteiger partial charge in [0.15, 0.2) is 0 Å². The number of carboxylic acids is 1. The summed E-state index contributed by atoms with van der Waals surface area (Å²) in [6.07, 6.45) is 8.70. The van der Waals surface area contributed by atoms with E-state index in [1.807, 2.05) is 30.3 Å². The van der Waals surface area contributed by atoms with Crippen molar-refractivity contribution in [2.45, 2.75) is 76.2 Å². The molecule has 3 N–H and O–H groups in total. The minimum Gasteiger partial charge on any atom is -0.481 e. The van der Waals surface area contributed by atoms with Gasteiger partial charge >= 0.3 is 5.97 Å². The Balaban J connectivity index is 1.70. The van der Waals surface area contributed by atoms with E-state index in [1.165, 1.54) is 0 Å². The van der Waals surface area contributed by atoms with E-state index in [1.54, 1.807) is 0 Å². The molecule has 28 heavy (non-hydrogen) atoms. The van der Waals surface area contributed by atoms with Gasteiger partial charge in [0.2, 0.25) is 5.91 Å². The average molecular weight is 388 g/mol. The average Bonchev–Trinajstić information content (AvgIpc) is 3.36. The van der Waals surface area contributed by atoms with Gasteiger partial charge in [-0.3, -0.25) is 9.59 Å². The van der Waals surface area contributed by atoms with Crippen LogP contribution in [0.25, 0.3) is 0 Å². The van der Waals surface area contributed by atoms with Gasteiger partial charge in [0.1, 0.15) is 0 Å². The molecule has 1 atom stereocenters. The second-order valence-electron chi connectivity index (χ2n) is 8.85. The molecular formula is C23H33NO4. The number of aryl methyl sites for hydroxylation is 1. The number of nitrogens with one attached hydrogen (secondary N) is 1. The molecule has 0 spiro atoms. The monoisotopic (exact) mass is 387 g/mol. The van der Waals surface area contributed by atoms with E-state index in [4.69, 9.17) is 0 Å². The van der Waals surface area contributed by atoms with E-state index < -0.39 is 22.8 Å². The van der Waals surface area contributed by atoms with Crippen molar-refractivity contribution < 1.29 is 19.8 Å². The Hall–Kier alpha value is -1.88. The number of rotatable bonds is 9. The SMILES string of the molecule is O=C(O)C(CCc1ccccc1)CC1(C(=O)NC2(CO)CCCC2)CCCC1. The lowest BCUT2D eigenvalue weighted by atomic mass is 9.74. The van der Waals surface area contributed by atoms with Crippen LogP contribution in [-0.2, 0) is 16.0 Å². The molecule has 0 heterocycles. The van der Waals surface area contributed by atoms with Gasteiger partial charge < -0.3 is 15.5 Å². The Morgan fingerprint density at radius 3 is 2.18 bits per heavy atom. The number of carboxylic acid groups (broad SMARTS) is 1. The number of aliphatic hydroxyl groups excluding tert-OH is 1. The van der Waals surface area contributed by atoms with Crippen LogP contribution in [0.15, 0.2) is 30.3 Å². The van der Waals surface area contributed by atoms with Crippen molar-refractivity contribution in [1.29, 1.82) is 0 Å². The van der Waals surface area contributed by atoms with Gasteiger partial charge in [-0.2, -0.15) is 0 Å². The summed E-state index contributed by atoms with van der Waals surface area (Å²) in [6.45, 7) is -0.0365. The smallest absolute Gasteiger partial charge is 0.306 e. The quantitative estimate of drug-likeness (QED) is 0.603. The maximum Gasteiger partial charge on any atom is 0.306 e. The second kappa shape index (κ2) is 9.08. The van der Waals surface area contributed by atoms with E-state index in [0.29, 0.717) is 19.3 Å². The molecule has 1 unspecified atom stereocenters. The lowest BCUT2D eigenvalue weighted by Gasteiger charge is -2.36. The van der Waals surface area contributed by atoms with Crippen molar-refractivity contribution in [2.75, 3.05) is 6.61 Å². The standard InChI is InChI=1S/C23H33NO4/c25-17-23(14-6-7-15-23)24-21(28)22(12-4-5-13-22)16-19(20(26)27)11-10-18-8-2-1-3-9-18/h1-3,8-9,19,25H,4-7,10-17H2,(H,24,28)(H,26,27). The highest BCUT2D eigenvalue weighted by Crippen LogP contribution is 2.45. The van der Waals surface area contributed by atoms with Crippen molar-refractivity contribution >= 4 is 11.9 Å². The first-order valence-corrected chi connectivity index (χ1v) is 10.7. The van der Waals surface area contributed by atoms with E-state index in [-0.39, 0.29) is 12.5 Å². The van der Waals surface area contributed by atoms with Crippen molar-refractivity contribution in [2.24, 2.45) is 11.3 Å². The molecule has 0 bridgehead atoms. The Bertz CT molecular complexity index is 660. The third kappa shape index (κ3) is 4.75. The van der Waals surface area contributed by atoms with Crippen LogP contribution in [0.3, 0.4) is 0 Å². The Morgan fingerprint density at radius 1 is 1.00 bits per heavy atom. The highest BCUT2D eigenvalue weighted by atomic mass is 16.4. The topological polar surface area (TPSA) is 86.6 Å². The lowest BCUT2D eigenvalue weighted by molar-refractivity contribution is -0.145. The molecule has 1 amide bonds. The maximum atomic E-state index is 13.3. The van der Waals surface area contributed by atoms with E-state index in [0.717, 1.165) is 56.9 Å². The first-order valence-electron chi connectivity index (χ1n) is 10.7. The molecule has 3 rings (SSSR count). The van der Waals surface area contributed by atoms with E-state index in [2.05, 4.69) is 5.32 Å². The zero-order chi connectivity index (χ0) is 20.0. The fourth-order valence-corrected chi connectivity index (χ4v) is 5.09. The van der Waals surface area contributed by atoms with Gasteiger partial charge in [0.05, 0.1) is 23.5 Å². The number of hydrogen-bond acceptors (Lipinski definition) is 3. The molecule has 0 radical (unpaired) electrons. The van der Waals surface area contributed by atoms with Gasteiger partial charge in [0.25, 0.3) is 0 Å². The minimum absolute atomic E-state index is 0.0353. The first kappa shape index (κ1) is 20.8. The molecule has 1 aromatic rings. The molecule has 5 nitrogen and oxygen atoms in total. The Kier molecular flexibility index (Phi) is 6.76. The number of benzene rings is 1. The third-order valence-electron chi connectivity index (χ3n) is 6.90. The fraction of sp³-hybridized carbons (Fsp3) is 0.652. The van der Waals surface area contributed by atoms with Crippen LogP contribution in [0.4, 0.5) is 0 Å². The summed E-state index contributed by atoms with van der Waals surface area (Å²) in [5, 5.41) is 22.8. The van der Waals surface area contributed by atoms with Crippen molar-refractivity contribution in [1.82, 2.24) is 5.32 Å². The predicted octanol–water partition coefficient (Wildman–Crippen LogP) is 3.69. The van der Waals surface area contributed by atoms with Gasteiger partial charge in [-0.15, -0.1) is 0 Å². The summed E-state index contributed by atoms with van der Waals surface area (Å²) in [6, 6.07) is 9.92. The number of amides is 1. The largest absolute Gasteiger partial charge is 0.481 e. The molecule has 5 heteroatoms. The molecule has 2 aliphatic carbocycles. The maximum absolute atomic E-state index is 13.3. The van der Waals surface area contributed by atoms with Crippen LogP contribution >= 0.6 is 0 Å². The molecule has 2 fully saturated rings. The second-order valence-corrected chi connectivity index (χ2v) is 8.85. The Morgan fingerprint density at radius 2 is 1.61 bits per heavy atom. The molecular weight excluding hydrogens is 354 g/mol. The van der Waals surface area contributed by atoms with Crippen LogP contribution in [0.1, 0.15) is 69.8 Å². The summed E-state index contributed by atoms with van der Waals surface area (Å²) in [5.41, 5.74) is 0.0174. The summed E-state index contributed by atoms with van der Waals surface area (Å²) in [4.78, 5) is 25.3. The van der Waals surface area contributed by atoms with Crippen LogP contribution in [0, 0.1) is 11.3 Å². The van der Waals surface area contributed by atoms with Gasteiger partial charge in [0, 0.05) is 0 Å². The highest BCUT2D eigenvalue weighted by Gasteiger charge is 2.47. The van der Waals surface area contributed by atoms with E-state index in [9.17, 15) is 19.8 Å². The minimum atomic E-state index is -0.812. The number of carbonyl (C=O) groups excluding carboxylic acids is 1. The van der Waals surface area contributed by atoms with Crippen LogP contribution in [-0.4, -0.2) is 34.2 Å². The van der Waals surface area contributed by atoms with Crippen LogP contribution < -0.4 is 5.32 Å². The number of aliphatic hydroxyl groups is 1. The van der Waals surface area contributed by atoms with Crippen molar-refractivity contribution in [3.8, 4) is 0 Å². The molecule has 0 saturated heterocycles. The summed E-state index contributed by atoms with van der Waals surface area (Å²) in [5.74, 6) is -1.38. The van der Waals surface area contributed by atoms with Crippen molar-refractivity contribution in [3.63, 3.8) is 0 Å². The third-order valence-corrected chi connectivity index (χ3v) is 6.90. The number of carbonyl (C=O) groups is 2. The number of hydrogen-bond donors (Lipinski definition) is 3.